The number of fused-ring (bicyclic) bond motifs is 1. The van der Waals surface area contributed by atoms with Gasteiger partial charge in [0.2, 0.25) is 5.29 Å². The maximum absolute atomic E-state index is 5.71. The summed E-state index contributed by atoms with van der Waals surface area (Å²) >= 11 is 5.51. The average Bonchev–Trinajstić information content (AvgIpc) is 2.36. The van der Waals surface area contributed by atoms with Gasteiger partial charge in [0, 0.05) is 0 Å². The molecule has 0 aliphatic carbocycles. The molecule has 0 fully saturated rings. The van der Waals surface area contributed by atoms with Crippen LogP contribution in [0.3, 0.4) is 0 Å². The Bertz CT molecular complexity index is 315. The molecule has 6 heteroatoms. The summed E-state index contributed by atoms with van der Waals surface area (Å²) in [5.74, 6) is 0. The first-order chi connectivity index (χ1) is 4.88. The van der Waals surface area contributed by atoms with Gasteiger partial charge in [0.1, 0.15) is 6.33 Å². The molecule has 0 spiro atoms. The SMILES string of the molecule is ClC1=NC=Ic2nncn21. The van der Waals surface area contributed by atoms with Crippen molar-refractivity contribution in [2.75, 3.05) is 0 Å². The van der Waals surface area contributed by atoms with Crippen molar-refractivity contribution in [1.82, 2.24) is 14.8 Å². The fraction of sp³-hybridized carbons (Fsp3) is 0. The molecule has 0 unspecified atom stereocenters. The number of hydrogen-bond donors (Lipinski definition) is 0. The monoisotopic (exact) mass is 268 g/mol. The van der Waals surface area contributed by atoms with E-state index < -0.39 is 0 Å². The first-order valence-electron chi connectivity index (χ1n) is 2.47. The van der Waals surface area contributed by atoms with E-state index in [-0.39, 0.29) is 20.7 Å². The molecular weight excluding hydrogens is 266 g/mol. The molecule has 0 aromatic carbocycles. The number of hydrogen-bond acceptors (Lipinski definition) is 3. The maximum atomic E-state index is 5.71. The predicted molar refractivity (Wildman–Crippen MR) is 47.5 cm³/mol. The van der Waals surface area contributed by atoms with Crippen molar-refractivity contribution in [1.29, 1.82) is 0 Å². The van der Waals surface area contributed by atoms with Crippen LogP contribution in [0.5, 0.6) is 0 Å². The van der Waals surface area contributed by atoms with Crippen molar-refractivity contribution < 1.29 is 0 Å². The minimum absolute atomic E-state index is 0.202. The highest BCUT2D eigenvalue weighted by Gasteiger charge is 2.07. The normalized spacial score (nSPS) is 15.5. The fourth-order valence-corrected chi connectivity index (χ4v) is 2.62. The predicted octanol–water partition coefficient (Wildman–Crippen LogP) is 0.635. The van der Waals surface area contributed by atoms with Crippen LogP contribution in [0, 0.1) is 3.83 Å². The van der Waals surface area contributed by atoms with Crippen molar-refractivity contribution in [2.24, 2.45) is 4.99 Å². The largest absolute Gasteiger partial charge is 0.251 e. The smallest absolute Gasteiger partial charge is 0.210 e. The van der Waals surface area contributed by atoms with Crippen LogP contribution in [0.2, 0.25) is 0 Å². The molecule has 2 heterocycles. The first kappa shape index (κ1) is 6.41. The van der Waals surface area contributed by atoms with Crippen LogP contribution < -0.4 is 0 Å². The number of aromatic nitrogens is 3. The van der Waals surface area contributed by atoms with Crippen LogP contribution in [0.4, 0.5) is 0 Å². The van der Waals surface area contributed by atoms with E-state index in [1.807, 2.05) is 4.14 Å². The lowest BCUT2D eigenvalue weighted by molar-refractivity contribution is 1.05. The second-order valence-corrected chi connectivity index (χ2v) is 4.06. The van der Waals surface area contributed by atoms with E-state index in [9.17, 15) is 0 Å². The zero-order valence-electron chi connectivity index (χ0n) is 4.70. The van der Waals surface area contributed by atoms with Gasteiger partial charge >= 0.3 is 0 Å². The van der Waals surface area contributed by atoms with E-state index in [0.29, 0.717) is 5.29 Å². The summed E-state index contributed by atoms with van der Waals surface area (Å²) in [6.45, 7) is 0. The summed E-state index contributed by atoms with van der Waals surface area (Å²) in [6, 6.07) is 0. The third-order valence-electron chi connectivity index (χ3n) is 1.01. The summed E-state index contributed by atoms with van der Waals surface area (Å²) in [7, 11) is 0. The van der Waals surface area contributed by atoms with Gasteiger partial charge in [-0.25, -0.2) is 4.99 Å². The first-order valence-corrected chi connectivity index (χ1v) is 5.17. The molecule has 0 amide bonds. The molecule has 0 N–H and O–H groups in total. The van der Waals surface area contributed by atoms with Crippen molar-refractivity contribution in [3.63, 3.8) is 0 Å². The molecule has 0 bridgehead atoms. The molecule has 1 aliphatic rings. The molecular formula is C4H2ClIN4. The van der Waals surface area contributed by atoms with Crippen LogP contribution in [0.1, 0.15) is 0 Å². The lowest BCUT2D eigenvalue weighted by Crippen LogP contribution is -2.08. The molecule has 1 aromatic rings. The number of halogens is 2. The van der Waals surface area contributed by atoms with Gasteiger partial charge in [-0.2, -0.15) is 0 Å². The third kappa shape index (κ3) is 0.891. The minimum Gasteiger partial charge on any atom is -0.251 e. The van der Waals surface area contributed by atoms with E-state index in [1.54, 1.807) is 10.9 Å². The summed E-state index contributed by atoms with van der Waals surface area (Å²) in [5.41, 5.74) is 0. The summed E-state index contributed by atoms with van der Waals surface area (Å²) in [6.07, 6.45) is 1.58. The summed E-state index contributed by atoms with van der Waals surface area (Å²) in [4.78, 5) is 3.93. The second kappa shape index (κ2) is 2.39. The lowest BCUT2D eigenvalue weighted by atomic mass is 11.0. The van der Waals surface area contributed by atoms with E-state index in [1.165, 1.54) is 0 Å². The highest BCUT2D eigenvalue weighted by atomic mass is 127. The molecule has 2 rings (SSSR count). The van der Waals surface area contributed by atoms with Crippen molar-refractivity contribution in [3.05, 3.63) is 10.2 Å². The highest BCUT2D eigenvalue weighted by molar-refractivity contribution is 14.2. The summed E-state index contributed by atoms with van der Waals surface area (Å²) in [5, 5.41) is 8.02. The van der Waals surface area contributed by atoms with E-state index in [0.717, 1.165) is 3.83 Å². The van der Waals surface area contributed by atoms with Gasteiger partial charge in [0.25, 0.3) is 0 Å². The van der Waals surface area contributed by atoms with Crippen LogP contribution >= 0.6 is 32.3 Å². The third-order valence-corrected chi connectivity index (χ3v) is 3.14. The molecule has 1 aromatic heterocycles. The number of nitrogens with zero attached hydrogens (tertiary/aromatic N) is 4. The Hall–Kier alpha value is -0.300. The van der Waals surface area contributed by atoms with Gasteiger partial charge in [-0.3, -0.25) is 4.57 Å². The van der Waals surface area contributed by atoms with Gasteiger partial charge in [0.15, 0.2) is 3.83 Å². The Morgan fingerprint density at radius 1 is 1.60 bits per heavy atom. The number of aliphatic imine (C=N–C) groups is 1. The Morgan fingerprint density at radius 2 is 2.50 bits per heavy atom. The van der Waals surface area contributed by atoms with Crippen LogP contribution in [0.15, 0.2) is 11.3 Å². The molecule has 52 valence electrons. The Kier molecular flexibility index (Phi) is 1.53. The van der Waals surface area contributed by atoms with E-state index in [4.69, 9.17) is 11.6 Å². The van der Waals surface area contributed by atoms with Gasteiger partial charge in [0.05, 0.1) is 4.14 Å². The molecule has 0 radical (unpaired) electrons. The van der Waals surface area contributed by atoms with E-state index in [2.05, 4.69) is 15.2 Å². The van der Waals surface area contributed by atoms with E-state index >= 15 is 0 Å². The zero-order chi connectivity index (χ0) is 6.97. The van der Waals surface area contributed by atoms with Gasteiger partial charge in [-0.1, -0.05) is 0 Å². The molecule has 10 heavy (non-hydrogen) atoms. The highest BCUT2D eigenvalue weighted by Crippen LogP contribution is 2.12. The number of rotatable bonds is 0. The van der Waals surface area contributed by atoms with Gasteiger partial charge < -0.3 is 0 Å². The molecule has 1 aliphatic heterocycles. The Balaban J connectivity index is 2.67. The second-order valence-electron chi connectivity index (χ2n) is 1.57. The van der Waals surface area contributed by atoms with Crippen LogP contribution in [0.25, 0.3) is 0 Å². The quantitative estimate of drug-likeness (QED) is 0.648. The van der Waals surface area contributed by atoms with Gasteiger partial charge in [-0.15, -0.1) is 10.2 Å². The van der Waals surface area contributed by atoms with Crippen molar-refractivity contribution >= 4 is 41.8 Å². The fourth-order valence-electron chi connectivity index (χ4n) is 0.590. The molecule has 4 nitrogen and oxygen atoms in total. The Morgan fingerprint density at radius 3 is 3.30 bits per heavy atom. The standard InChI is InChI=1S/C4H2ClIN4/c5-3-7-1-6-4-9-8-2-10(3)4/h1-2H. The van der Waals surface area contributed by atoms with Crippen LogP contribution in [-0.4, -0.2) is 24.2 Å². The van der Waals surface area contributed by atoms with Crippen LogP contribution in [-0.2, 0) is 0 Å². The topological polar surface area (TPSA) is 43.1 Å². The van der Waals surface area contributed by atoms with Crippen molar-refractivity contribution in [3.8, 4) is 0 Å². The van der Waals surface area contributed by atoms with Crippen molar-refractivity contribution in [2.45, 2.75) is 0 Å². The zero-order valence-corrected chi connectivity index (χ0v) is 7.61. The minimum atomic E-state index is -0.202. The molecule has 0 atom stereocenters. The molecule has 0 saturated heterocycles. The lowest BCUT2D eigenvalue weighted by Gasteiger charge is -2.00. The molecule has 0 saturated carbocycles. The van der Waals surface area contributed by atoms with Gasteiger partial charge in [-0.05, 0) is 32.3 Å². The Labute approximate surface area is 71.7 Å². The maximum Gasteiger partial charge on any atom is 0.210 e. The average molecular weight is 268 g/mol. The summed E-state index contributed by atoms with van der Waals surface area (Å²) < 4.78 is 4.47.